The van der Waals surface area contributed by atoms with Crippen molar-refractivity contribution in [2.24, 2.45) is 0 Å². The number of halogens is 2. The summed E-state index contributed by atoms with van der Waals surface area (Å²) in [4.78, 5) is 24.6. The number of hydrogen-bond acceptors (Lipinski definition) is 7. The molecule has 0 bridgehead atoms. The number of hydrogen-bond donors (Lipinski definition) is 2. The number of rotatable bonds is 6. The Morgan fingerprint density at radius 2 is 1.55 bits per heavy atom. The van der Waals surface area contributed by atoms with E-state index < -0.39 is 47.7 Å². The van der Waals surface area contributed by atoms with Gasteiger partial charge in [0.15, 0.2) is 16.7 Å². The molecule has 154 valence electrons. The van der Waals surface area contributed by atoms with Crippen LogP contribution in [0.5, 0.6) is 0 Å². The minimum Gasteiger partial charge on any atom is -0.459 e. The van der Waals surface area contributed by atoms with Crippen LogP contribution in [0, 0.1) is 0 Å². The van der Waals surface area contributed by atoms with Gasteiger partial charge in [0.25, 0.3) is 5.85 Å². The molecule has 2 N–H and O–H groups in total. The van der Waals surface area contributed by atoms with Gasteiger partial charge in [-0.3, -0.25) is 0 Å². The van der Waals surface area contributed by atoms with Crippen LogP contribution in [0.25, 0.3) is 0 Å². The van der Waals surface area contributed by atoms with Crippen molar-refractivity contribution in [3.05, 3.63) is 71.8 Å². The molecule has 1 saturated heterocycles. The van der Waals surface area contributed by atoms with Crippen LogP contribution in [0.15, 0.2) is 60.7 Å². The number of aliphatic hydroxyl groups excluding tert-OH is 1. The highest BCUT2D eigenvalue weighted by Crippen LogP contribution is 2.44. The van der Waals surface area contributed by atoms with Crippen molar-refractivity contribution in [2.75, 3.05) is 13.2 Å². The molecular formula is C20H18BrFO7. The van der Waals surface area contributed by atoms with Gasteiger partial charge < -0.3 is 24.4 Å². The normalized spacial score (nSPS) is 28.7. The van der Waals surface area contributed by atoms with E-state index in [0.29, 0.717) is 0 Å². The van der Waals surface area contributed by atoms with Crippen molar-refractivity contribution < 1.29 is 38.4 Å². The summed E-state index contributed by atoms with van der Waals surface area (Å²) in [5.74, 6) is -4.88. The summed E-state index contributed by atoms with van der Waals surface area (Å²) < 4.78 is 30.6. The molecule has 0 unspecified atom stereocenters. The molecule has 9 heteroatoms. The predicted molar refractivity (Wildman–Crippen MR) is 102 cm³/mol. The molecule has 0 amide bonds. The summed E-state index contributed by atoms with van der Waals surface area (Å²) in [5.41, 5.74) is -1.69. The summed E-state index contributed by atoms with van der Waals surface area (Å²) in [6.45, 7) is -1.56. The molecule has 0 aliphatic carbocycles. The maximum atomic E-state index is 14.9. The fourth-order valence-corrected chi connectivity index (χ4v) is 3.51. The lowest BCUT2D eigenvalue weighted by atomic mass is 9.95. The Kier molecular flexibility index (Phi) is 6.33. The number of aliphatic hydroxyl groups is 2. The standard InChI is InChI=1S/C20H18BrFO7/c21-18-20(22,26)17(28-16(25)14-9-5-2-6-10-14)19(11-23,29-18)12-27-15(24)13-7-3-1-4-8-13/h1-10,17-18,23,26H,11-12H2/t17-,18+,19-,20+/m1/s1. The Hall–Kier alpha value is -2.33. The quantitative estimate of drug-likeness (QED) is 0.494. The lowest BCUT2D eigenvalue weighted by Gasteiger charge is -2.32. The summed E-state index contributed by atoms with van der Waals surface area (Å²) in [6, 6.07) is 15.7. The van der Waals surface area contributed by atoms with Gasteiger partial charge in [0.2, 0.25) is 0 Å². The monoisotopic (exact) mass is 468 g/mol. The first-order chi connectivity index (χ1) is 13.8. The molecule has 4 atom stereocenters. The van der Waals surface area contributed by atoms with Crippen LogP contribution in [0.4, 0.5) is 4.39 Å². The Bertz CT molecular complexity index is 862. The van der Waals surface area contributed by atoms with Crippen LogP contribution >= 0.6 is 15.9 Å². The molecule has 3 rings (SSSR count). The van der Waals surface area contributed by atoms with Gasteiger partial charge in [-0.15, -0.1) is 0 Å². The van der Waals surface area contributed by atoms with E-state index in [1.165, 1.54) is 24.3 Å². The number of ether oxygens (including phenoxy) is 3. The highest BCUT2D eigenvalue weighted by atomic mass is 79.9. The van der Waals surface area contributed by atoms with Gasteiger partial charge in [-0.2, -0.15) is 0 Å². The molecule has 1 aliphatic rings. The van der Waals surface area contributed by atoms with Crippen molar-refractivity contribution in [3.8, 4) is 0 Å². The Balaban J connectivity index is 1.82. The molecule has 2 aromatic carbocycles. The van der Waals surface area contributed by atoms with E-state index in [1.807, 2.05) is 0 Å². The largest absolute Gasteiger partial charge is 0.459 e. The van der Waals surface area contributed by atoms with E-state index in [4.69, 9.17) is 14.2 Å². The molecule has 7 nitrogen and oxygen atoms in total. The van der Waals surface area contributed by atoms with Gasteiger partial charge in [0.05, 0.1) is 17.7 Å². The second-order valence-corrected chi connectivity index (χ2v) is 7.31. The Labute approximate surface area is 174 Å². The van der Waals surface area contributed by atoms with E-state index in [9.17, 15) is 24.2 Å². The first kappa shape index (κ1) is 21.4. The fourth-order valence-electron chi connectivity index (χ4n) is 2.90. The maximum absolute atomic E-state index is 14.9. The molecule has 0 radical (unpaired) electrons. The summed E-state index contributed by atoms with van der Waals surface area (Å²) in [6.07, 6.45) is -1.97. The van der Waals surface area contributed by atoms with Gasteiger partial charge in [-0.05, 0) is 24.3 Å². The molecule has 1 fully saturated rings. The number of benzene rings is 2. The van der Waals surface area contributed by atoms with E-state index >= 15 is 0 Å². The van der Waals surface area contributed by atoms with Crippen molar-refractivity contribution in [1.29, 1.82) is 0 Å². The minimum absolute atomic E-state index is 0.106. The van der Waals surface area contributed by atoms with Gasteiger partial charge >= 0.3 is 11.9 Å². The highest BCUT2D eigenvalue weighted by molar-refractivity contribution is 9.09. The molecule has 0 spiro atoms. The maximum Gasteiger partial charge on any atom is 0.338 e. The average molecular weight is 469 g/mol. The molecule has 29 heavy (non-hydrogen) atoms. The summed E-state index contributed by atoms with van der Waals surface area (Å²) in [7, 11) is 0. The van der Waals surface area contributed by atoms with Gasteiger partial charge in [0.1, 0.15) is 6.61 Å². The van der Waals surface area contributed by atoms with E-state index in [2.05, 4.69) is 15.9 Å². The van der Waals surface area contributed by atoms with Crippen LogP contribution < -0.4 is 0 Å². The van der Waals surface area contributed by atoms with Crippen LogP contribution in [0.1, 0.15) is 20.7 Å². The third-order valence-electron chi connectivity index (χ3n) is 4.46. The van der Waals surface area contributed by atoms with Gasteiger partial charge in [-0.25, -0.2) is 14.0 Å². The van der Waals surface area contributed by atoms with Crippen LogP contribution in [0.2, 0.25) is 0 Å². The second-order valence-electron chi connectivity index (χ2n) is 6.48. The van der Waals surface area contributed by atoms with Crippen LogP contribution in [-0.4, -0.2) is 57.9 Å². The Morgan fingerprint density at radius 3 is 2.07 bits per heavy atom. The zero-order valence-corrected chi connectivity index (χ0v) is 16.6. The van der Waals surface area contributed by atoms with Gasteiger partial charge in [0, 0.05) is 0 Å². The van der Waals surface area contributed by atoms with E-state index in [0.717, 1.165) is 0 Å². The SMILES string of the molecule is O=C(OC[C@@]1(CO)O[C@H](Br)[C@](O)(F)[C@@H]1OC(=O)c1ccccc1)c1ccccc1. The van der Waals surface area contributed by atoms with E-state index in [-0.39, 0.29) is 11.1 Å². The van der Waals surface area contributed by atoms with Gasteiger partial charge in [-0.1, -0.05) is 52.3 Å². The van der Waals surface area contributed by atoms with Crippen molar-refractivity contribution in [1.82, 2.24) is 0 Å². The van der Waals surface area contributed by atoms with Crippen LogP contribution in [-0.2, 0) is 14.2 Å². The fraction of sp³-hybridized carbons (Fsp3) is 0.300. The lowest BCUT2D eigenvalue weighted by molar-refractivity contribution is -0.171. The second kappa shape index (κ2) is 8.58. The van der Waals surface area contributed by atoms with Crippen molar-refractivity contribution in [3.63, 3.8) is 0 Å². The first-order valence-electron chi connectivity index (χ1n) is 8.62. The third-order valence-corrected chi connectivity index (χ3v) is 5.29. The summed E-state index contributed by atoms with van der Waals surface area (Å²) >= 11 is 2.82. The minimum atomic E-state index is -3.19. The smallest absolute Gasteiger partial charge is 0.338 e. The third kappa shape index (κ3) is 4.32. The molecule has 0 aromatic heterocycles. The molecule has 2 aromatic rings. The summed E-state index contributed by atoms with van der Waals surface area (Å²) in [5, 5.41) is 18.5. The van der Waals surface area contributed by atoms with E-state index in [1.54, 1.807) is 36.4 Å². The number of esters is 2. The molecule has 0 saturated carbocycles. The Morgan fingerprint density at radius 1 is 1.03 bits per heavy atom. The van der Waals surface area contributed by atoms with Crippen molar-refractivity contribution in [2.45, 2.75) is 22.6 Å². The molecule has 1 heterocycles. The molecule has 1 aliphatic heterocycles. The number of carbonyl (C=O) groups is 2. The van der Waals surface area contributed by atoms with Crippen molar-refractivity contribution >= 4 is 27.9 Å². The molecular weight excluding hydrogens is 451 g/mol. The number of carbonyl (C=O) groups excluding carboxylic acids is 2. The average Bonchev–Trinajstić information content (AvgIpc) is 2.93. The predicted octanol–water partition coefficient (Wildman–Crippen LogP) is 2.21. The zero-order valence-electron chi connectivity index (χ0n) is 15.0. The number of alkyl halides is 2. The topological polar surface area (TPSA) is 102 Å². The first-order valence-corrected chi connectivity index (χ1v) is 9.54. The zero-order chi connectivity index (χ0) is 21.1. The lowest BCUT2D eigenvalue weighted by Crippen LogP contribution is -2.55. The highest BCUT2D eigenvalue weighted by Gasteiger charge is 2.67. The van der Waals surface area contributed by atoms with Crippen LogP contribution in [0.3, 0.4) is 0 Å².